The van der Waals surface area contributed by atoms with E-state index in [-0.39, 0.29) is 16.9 Å². The lowest BCUT2D eigenvalue weighted by atomic mass is 9.82. The lowest BCUT2D eigenvalue weighted by molar-refractivity contribution is 0.269. The molecule has 0 fully saturated rings. The van der Waals surface area contributed by atoms with Gasteiger partial charge in [0.05, 0.1) is 4.90 Å². The lowest BCUT2D eigenvalue weighted by Gasteiger charge is -2.33. The molecule has 4 nitrogen and oxygen atoms in total. The van der Waals surface area contributed by atoms with Crippen molar-refractivity contribution in [2.24, 2.45) is 11.1 Å². The van der Waals surface area contributed by atoms with Crippen molar-refractivity contribution < 1.29 is 8.42 Å². The Morgan fingerprint density at radius 3 is 2.19 bits per heavy atom. The van der Waals surface area contributed by atoms with Gasteiger partial charge in [0.25, 0.3) is 0 Å². The number of benzene rings is 1. The third-order valence-electron chi connectivity index (χ3n) is 2.94. The van der Waals surface area contributed by atoms with E-state index in [0.717, 1.165) is 5.56 Å². The van der Waals surface area contributed by atoms with E-state index >= 15 is 0 Å². The standard InChI is InChI=1S/C15H25ClN2O2S/c1-14(2,3)10-15(4,5)18-21(19,20)12-7-6-11(9-17)13(16)8-12/h6-8,18H,9-10,17H2,1-5H3. The van der Waals surface area contributed by atoms with Gasteiger partial charge in [-0.3, -0.25) is 0 Å². The predicted octanol–water partition coefficient (Wildman–Crippen LogP) is 3.29. The molecule has 0 aliphatic heterocycles. The normalized spacial score (nSPS) is 13.5. The Morgan fingerprint density at radius 2 is 1.76 bits per heavy atom. The second kappa shape index (κ2) is 6.24. The summed E-state index contributed by atoms with van der Waals surface area (Å²) in [4.78, 5) is 0.159. The van der Waals surface area contributed by atoms with Crippen molar-refractivity contribution in [3.8, 4) is 0 Å². The van der Waals surface area contributed by atoms with Gasteiger partial charge in [0, 0.05) is 17.1 Å². The van der Waals surface area contributed by atoms with Crippen LogP contribution in [-0.4, -0.2) is 14.0 Å². The first-order valence-electron chi connectivity index (χ1n) is 6.89. The van der Waals surface area contributed by atoms with E-state index in [0.29, 0.717) is 11.4 Å². The molecule has 0 saturated carbocycles. The number of hydrogen-bond acceptors (Lipinski definition) is 3. The molecule has 1 rings (SSSR count). The molecule has 6 heteroatoms. The molecular weight excluding hydrogens is 308 g/mol. The number of halogens is 1. The second-order valence-electron chi connectivity index (χ2n) is 7.18. The van der Waals surface area contributed by atoms with Crippen LogP contribution in [0.25, 0.3) is 0 Å². The molecule has 120 valence electrons. The molecule has 0 amide bonds. The van der Waals surface area contributed by atoms with Crippen LogP contribution in [0.2, 0.25) is 5.02 Å². The lowest BCUT2D eigenvalue weighted by Crippen LogP contribution is -2.45. The Bertz CT molecular complexity index is 605. The number of nitrogens with two attached hydrogens (primary N) is 1. The quantitative estimate of drug-likeness (QED) is 0.869. The highest BCUT2D eigenvalue weighted by Crippen LogP contribution is 2.29. The largest absolute Gasteiger partial charge is 0.326 e. The van der Waals surface area contributed by atoms with Gasteiger partial charge in [-0.25, -0.2) is 13.1 Å². The monoisotopic (exact) mass is 332 g/mol. The molecular formula is C15H25ClN2O2S. The fraction of sp³-hybridized carbons (Fsp3) is 0.600. The minimum Gasteiger partial charge on any atom is -0.326 e. The average molecular weight is 333 g/mol. The highest BCUT2D eigenvalue weighted by molar-refractivity contribution is 7.89. The van der Waals surface area contributed by atoms with Gasteiger partial charge < -0.3 is 5.73 Å². The summed E-state index contributed by atoms with van der Waals surface area (Å²) in [6, 6.07) is 4.62. The molecule has 1 aromatic carbocycles. The smallest absolute Gasteiger partial charge is 0.241 e. The van der Waals surface area contributed by atoms with E-state index in [1.807, 2.05) is 13.8 Å². The van der Waals surface area contributed by atoms with Crippen molar-refractivity contribution in [2.45, 2.75) is 58.0 Å². The molecule has 21 heavy (non-hydrogen) atoms. The first-order chi connectivity index (χ1) is 9.36. The van der Waals surface area contributed by atoms with Gasteiger partial charge >= 0.3 is 0 Å². The van der Waals surface area contributed by atoms with Gasteiger partial charge in [0.1, 0.15) is 0 Å². The molecule has 0 bridgehead atoms. The molecule has 1 aromatic rings. The highest BCUT2D eigenvalue weighted by Gasteiger charge is 2.30. The van der Waals surface area contributed by atoms with Crippen LogP contribution in [-0.2, 0) is 16.6 Å². The van der Waals surface area contributed by atoms with Gasteiger partial charge in [-0.15, -0.1) is 0 Å². The van der Waals surface area contributed by atoms with Crippen molar-refractivity contribution in [2.75, 3.05) is 0 Å². The maximum Gasteiger partial charge on any atom is 0.241 e. The van der Waals surface area contributed by atoms with Gasteiger partial charge in [-0.2, -0.15) is 0 Å². The van der Waals surface area contributed by atoms with Crippen molar-refractivity contribution in [3.63, 3.8) is 0 Å². The summed E-state index contributed by atoms with van der Waals surface area (Å²) in [5.41, 5.74) is 5.73. The number of nitrogens with one attached hydrogen (secondary N) is 1. The number of hydrogen-bond donors (Lipinski definition) is 2. The molecule has 0 radical (unpaired) electrons. The fourth-order valence-corrected chi connectivity index (χ4v) is 4.41. The Balaban J connectivity index is 3.04. The van der Waals surface area contributed by atoms with Gasteiger partial charge in [0.2, 0.25) is 10.0 Å². The average Bonchev–Trinajstić information content (AvgIpc) is 2.23. The van der Waals surface area contributed by atoms with Crippen LogP contribution in [0.3, 0.4) is 0 Å². The van der Waals surface area contributed by atoms with E-state index in [2.05, 4.69) is 25.5 Å². The van der Waals surface area contributed by atoms with Crippen LogP contribution in [0, 0.1) is 5.41 Å². The zero-order chi connectivity index (χ0) is 16.5. The van der Waals surface area contributed by atoms with E-state index in [9.17, 15) is 8.42 Å². The molecule has 0 aliphatic carbocycles. The third kappa shape index (κ3) is 5.58. The van der Waals surface area contributed by atoms with E-state index < -0.39 is 15.6 Å². The zero-order valence-corrected chi connectivity index (χ0v) is 14.9. The molecule has 0 spiro atoms. The third-order valence-corrected chi connectivity index (χ3v) is 4.99. The Hall–Kier alpha value is -0.620. The van der Waals surface area contributed by atoms with Crippen LogP contribution in [0.1, 0.15) is 46.6 Å². The first kappa shape index (κ1) is 18.4. The summed E-state index contributed by atoms with van der Waals surface area (Å²) in [7, 11) is -3.61. The summed E-state index contributed by atoms with van der Waals surface area (Å²) in [5.74, 6) is 0. The first-order valence-corrected chi connectivity index (χ1v) is 8.75. The molecule has 0 atom stereocenters. The summed E-state index contributed by atoms with van der Waals surface area (Å²) in [6.45, 7) is 10.3. The van der Waals surface area contributed by atoms with Crippen LogP contribution >= 0.6 is 11.6 Å². The second-order valence-corrected chi connectivity index (χ2v) is 9.27. The van der Waals surface area contributed by atoms with Crippen LogP contribution in [0.4, 0.5) is 0 Å². The minimum atomic E-state index is -3.61. The van der Waals surface area contributed by atoms with Crippen LogP contribution in [0.15, 0.2) is 23.1 Å². The fourth-order valence-electron chi connectivity index (χ4n) is 2.65. The highest BCUT2D eigenvalue weighted by atomic mass is 35.5. The summed E-state index contributed by atoms with van der Waals surface area (Å²) < 4.78 is 27.7. The molecule has 0 aromatic heterocycles. The summed E-state index contributed by atoms with van der Waals surface area (Å²) >= 11 is 6.04. The maximum absolute atomic E-state index is 12.5. The predicted molar refractivity (Wildman–Crippen MR) is 87.8 cm³/mol. The SMILES string of the molecule is CC(C)(C)CC(C)(C)NS(=O)(=O)c1ccc(CN)c(Cl)c1. The Kier molecular flexibility index (Phi) is 5.48. The van der Waals surface area contributed by atoms with Crippen molar-refractivity contribution in [1.29, 1.82) is 0 Å². The van der Waals surface area contributed by atoms with Crippen molar-refractivity contribution >= 4 is 21.6 Å². The topological polar surface area (TPSA) is 72.2 Å². The molecule has 3 N–H and O–H groups in total. The molecule has 0 heterocycles. The van der Waals surface area contributed by atoms with Crippen LogP contribution < -0.4 is 10.5 Å². The van der Waals surface area contributed by atoms with Gasteiger partial charge in [-0.1, -0.05) is 38.4 Å². The van der Waals surface area contributed by atoms with Crippen molar-refractivity contribution in [1.82, 2.24) is 4.72 Å². The molecule has 0 unspecified atom stereocenters. The summed E-state index contributed by atoms with van der Waals surface area (Å²) in [5, 5.41) is 0.369. The molecule has 0 saturated heterocycles. The minimum absolute atomic E-state index is 0.0209. The van der Waals surface area contributed by atoms with Crippen molar-refractivity contribution in [3.05, 3.63) is 28.8 Å². The molecule has 0 aliphatic rings. The Labute approximate surface area is 133 Å². The van der Waals surface area contributed by atoms with E-state index in [1.165, 1.54) is 12.1 Å². The van der Waals surface area contributed by atoms with Crippen LogP contribution in [0.5, 0.6) is 0 Å². The maximum atomic E-state index is 12.5. The van der Waals surface area contributed by atoms with E-state index in [1.54, 1.807) is 6.07 Å². The van der Waals surface area contributed by atoms with Gasteiger partial charge in [0.15, 0.2) is 0 Å². The number of sulfonamides is 1. The zero-order valence-electron chi connectivity index (χ0n) is 13.3. The number of rotatable bonds is 5. The Morgan fingerprint density at radius 1 is 1.19 bits per heavy atom. The summed E-state index contributed by atoms with van der Waals surface area (Å²) in [6.07, 6.45) is 0.716. The van der Waals surface area contributed by atoms with E-state index in [4.69, 9.17) is 17.3 Å². The van der Waals surface area contributed by atoms with Gasteiger partial charge in [-0.05, 0) is 43.4 Å².